The number of rotatable bonds is 8. The summed E-state index contributed by atoms with van der Waals surface area (Å²) in [5.74, 6) is 2.05. The minimum absolute atomic E-state index is 0.172. The van der Waals surface area contributed by atoms with Crippen LogP contribution in [0.3, 0.4) is 0 Å². The van der Waals surface area contributed by atoms with Gasteiger partial charge in [0.2, 0.25) is 5.95 Å². The minimum atomic E-state index is -0.172. The Bertz CT molecular complexity index is 702. The van der Waals surface area contributed by atoms with Crippen molar-refractivity contribution in [2.75, 3.05) is 26.1 Å². The van der Waals surface area contributed by atoms with Crippen molar-refractivity contribution in [3.8, 4) is 11.5 Å². The lowest BCUT2D eigenvalue weighted by Crippen LogP contribution is -2.25. The Morgan fingerprint density at radius 3 is 2.48 bits per heavy atom. The maximum atomic E-state index is 12.0. The van der Waals surface area contributed by atoms with Gasteiger partial charge in [-0.3, -0.25) is 4.79 Å². The molecule has 2 rings (SSSR count). The van der Waals surface area contributed by atoms with Gasteiger partial charge in [-0.05, 0) is 24.5 Å². The highest BCUT2D eigenvalue weighted by molar-refractivity contribution is 5.93. The predicted octanol–water partition coefficient (Wildman–Crippen LogP) is 3.01. The van der Waals surface area contributed by atoms with E-state index >= 15 is 0 Å². The molecule has 0 aliphatic heterocycles. The Hall–Kier alpha value is -2.83. The summed E-state index contributed by atoms with van der Waals surface area (Å²) in [5.41, 5.74) is 1.13. The van der Waals surface area contributed by atoms with E-state index < -0.39 is 0 Å². The summed E-state index contributed by atoms with van der Waals surface area (Å²) in [4.78, 5) is 20.4. The molecule has 0 spiro atoms. The Labute approximate surface area is 147 Å². The summed E-state index contributed by atoms with van der Waals surface area (Å²) < 4.78 is 10.5. The number of hydrogen-bond acceptors (Lipinski definition) is 6. The molecule has 0 aliphatic carbocycles. The molecule has 1 aromatic carbocycles. The molecule has 0 unspecified atom stereocenters. The van der Waals surface area contributed by atoms with E-state index in [2.05, 4.69) is 34.4 Å². The van der Waals surface area contributed by atoms with Crippen molar-refractivity contribution >= 4 is 17.5 Å². The van der Waals surface area contributed by atoms with Crippen LogP contribution in [0.2, 0.25) is 0 Å². The number of carbonyl (C=O) groups is 1. The van der Waals surface area contributed by atoms with Crippen molar-refractivity contribution < 1.29 is 14.3 Å². The molecule has 134 valence electrons. The van der Waals surface area contributed by atoms with Gasteiger partial charge in [-0.15, -0.1) is 0 Å². The summed E-state index contributed by atoms with van der Waals surface area (Å²) in [6.45, 7) is 4.87. The number of carbonyl (C=O) groups excluding carboxylic acids is 1. The summed E-state index contributed by atoms with van der Waals surface area (Å²) in [6, 6.07) is 5.38. The van der Waals surface area contributed by atoms with Crippen LogP contribution < -0.4 is 20.1 Å². The molecule has 0 atom stereocenters. The molecular formula is C18H24N4O3. The van der Waals surface area contributed by atoms with Gasteiger partial charge >= 0.3 is 0 Å². The van der Waals surface area contributed by atoms with Crippen LogP contribution in [0.25, 0.3) is 0 Å². The van der Waals surface area contributed by atoms with Gasteiger partial charge in [0.25, 0.3) is 5.91 Å². The van der Waals surface area contributed by atoms with Gasteiger partial charge in [0.1, 0.15) is 11.5 Å². The average molecular weight is 344 g/mol. The maximum Gasteiger partial charge on any atom is 0.254 e. The summed E-state index contributed by atoms with van der Waals surface area (Å²) in [6.07, 6.45) is 3.93. The van der Waals surface area contributed by atoms with E-state index in [0.29, 0.717) is 41.2 Å². The molecule has 2 N–H and O–H groups in total. The molecule has 0 aliphatic rings. The summed E-state index contributed by atoms with van der Waals surface area (Å²) in [5, 5.41) is 5.92. The normalized spacial score (nSPS) is 10.4. The van der Waals surface area contributed by atoms with Crippen LogP contribution in [0.1, 0.15) is 30.6 Å². The number of ether oxygens (including phenoxy) is 2. The van der Waals surface area contributed by atoms with Crippen LogP contribution >= 0.6 is 0 Å². The Kier molecular flexibility index (Phi) is 6.56. The first-order valence-corrected chi connectivity index (χ1v) is 8.12. The van der Waals surface area contributed by atoms with E-state index in [-0.39, 0.29) is 5.91 Å². The highest BCUT2D eigenvalue weighted by atomic mass is 16.5. The minimum Gasteiger partial charge on any atom is -0.497 e. The summed E-state index contributed by atoms with van der Waals surface area (Å²) >= 11 is 0. The maximum absolute atomic E-state index is 12.0. The number of nitrogens with zero attached hydrogens (tertiary/aromatic N) is 2. The zero-order valence-corrected chi connectivity index (χ0v) is 15.0. The van der Waals surface area contributed by atoms with Crippen molar-refractivity contribution in [1.29, 1.82) is 0 Å². The van der Waals surface area contributed by atoms with E-state index in [4.69, 9.17) is 9.47 Å². The first kappa shape index (κ1) is 18.5. The molecule has 1 amide bonds. The van der Waals surface area contributed by atoms with Crippen molar-refractivity contribution in [1.82, 2.24) is 15.3 Å². The average Bonchev–Trinajstić information content (AvgIpc) is 2.62. The monoisotopic (exact) mass is 344 g/mol. The highest BCUT2D eigenvalue weighted by Crippen LogP contribution is 2.30. The summed E-state index contributed by atoms with van der Waals surface area (Å²) in [7, 11) is 3.17. The molecule has 2 aromatic rings. The van der Waals surface area contributed by atoms with Crippen molar-refractivity contribution in [2.45, 2.75) is 20.3 Å². The molecular weight excluding hydrogens is 320 g/mol. The van der Waals surface area contributed by atoms with Crippen LogP contribution in [0.4, 0.5) is 11.6 Å². The lowest BCUT2D eigenvalue weighted by Gasteiger charge is -2.11. The van der Waals surface area contributed by atoms with E-state index in [9.17, 15) is 4.79 Å². The molecule has 0 bridgehead atoms. The van der Waals surface area contributed by atoms with E-state index in [1.54, 1.807) is 26.4 Å². The van der Waals surface area contributed by atoms with Crippen molar-refractivity contribution in [3.05, 3.63) is 36.2 Å². The Morgan fingerprint density at radius 1 is 1.16 bits per heavy atom. The number of anilines is 2. The van der Waals surface area contributed by atoms with E-state index in [1.807, 2.05) is 6.07 Å². The first-order chi connectivity index (χ1) is 12.0. The number of amides is 1. The number of benzene rings is 1. The van der Waals surface area contributed by atoms with Crippen LogP contribution in [0.15, 0.2) is 30.6 Å². The molecule has 1 heterocycles. The smallest absolute Gasteiger partial charge is 0.254 e. The van der Waals surface area contributed by atoms with Crippen LogP contribution in [-0.4, -0.2) is 36.6 Å². The molecule has 0 saturated heterocycles. The van der Waals surface area contributed by atoms with Crippen molar-refractivity contribution in [2.24, 2.45) is 5.92 Å². The van der Waals surface area contributed by atoms with Gasteiger partial charge in [0, 0.05) is 25.0 Å². The largest absolute Gasteiger partial charge is 0.497 e. The molecule has 25 heavy (non-hydrogen) atoms. The second-order valence-electron chi connectivity index (χ2n) is 5.92. The lowest BCUT2D eigenvalue weighted by atomic mass is 10.1. The number of methoxy groups -OCH3 is 2. The molecule has 0 fully saturated rings. The predicted molar refractivity (Wildman–Crippen MR) is 96.6 cm³/mol. The standard InChI is InChI=1S/C18H24N4O3/c1-12(2)7-8-19-17(23)13-10-20-18(21-11-13)22-15-6-5-14(24-3)9-16(15)25-4/h5-6,9-12H,7-8H2,1-4H3,(H,19,23)(H,20,21,22). The third-order valence-electron chi connectivity index (χ3n) is 3.58. The Balaban J connectivity index is 2.02. The fourth-order valence-corrected chi connectivity index (χ4v) is 2.11. The number of nitrogens with one attached hydrogen (secondary N) is 2. The molecule has 0 radical (unpaired) electrons. The highest BCUT2D eigenvalue weighted by Gasteiger charge is 2.09. The fraction of sp³-hybridized carbons (Fsp3) is 0.389. The number of hydrogen-bond donors (Lipinski definition) is 2. The zero-order chi connectivity index (χ0) is 18.2. The van der Waals surface area contributed by atoms with E-state index in [0.717, 1.165) is 6.42 Å². The lowest BCUT2D eigenvalue weighted by molar-refractivity contribution is 0.0951. The fourth-order valence-electron chi connectivity index (χ4n) is 2.11. The SMILES string of the molecule is COc1ccc(Nc2ncc(C(=O)NCCC(C)C)cn2)c(OC)c1. The van der Waals surface area contributed by atoms with Gasteiger partial charge < -0.3 is 20.1 Å². The van der Waals surface area contributed by atoms with Gasteiger partial charge in [-0.2, -0.15) is 0 Å². The van der Waals surface area contributed by atoms with E-state index in [1.165, 1.54) is 12.4 Å². The third-order valence-corrected chi connectivity index (χ3v) is 3.58. The molecule has 1 aromatic heterocycles. The van der Waals surface area contributed by atoms with Gasteiger partial charge in [0.05, 0.1) is 25.5 Å². The second kappa shape index (κ2) is 8.86. The quantitative estimate of drug-likeness (QED) is 0.766. The second-order valence-corrected chi connectivity index (χ2v) is 5.92. The third kappa shape index (κ3) is 5.34. The van der Waals surface area contributed by atoms with Crippen LogP contribution in [-0.2, 0) is 0 Å². The topological polar surface area (TPSA) is 85.4 Å². The molecule has 7 heteroatoms. The molecule has 7 nitrogen and oxygen atoms in total. The number of aromatic nitrogens is 2. The van der Waals surface area contributed by atoms with Crippen LogP contribution in [0, 0.1) is 5.92 Å². The van der Waals surface area contributed by atoms with Crippen molar-refractivity contribution in [3.63, 3.8) is 0 Å². The van der Waals surface area contributed by atoms with Crippen LogP contribution in [0.5, 0.6) is 11.5 Å². The molecule has 0 saturated carbocycles. The van der Waals surface area contributed by atoms with Gasteiger partial charge in [-0.25, -0.2) is 9.97 Å². The Morgan fingerprint density at radius 2 is 1.88 bits per heavy atom. The zero-order valence-electron chi connectivity index (χ0n) is 15.0. The first-order valence-electron chi connectivity index (χ1n) is 8.12. The van der Waals surface area contributed by atoms with Gasteiger partial charge in [-0.1, -0.05) is 13.8 Å². The van der Waals surface area contributed by atoms with Gasteiger partial charge in [0.15, 0.2) is 0 Å².